The van der Waals surface area contributed by atoms with E-state index in [0.29, 0.717) is 32.0 Å². The molecule has 0 aromatic rings. The number of rotatable bonds is 11. The number of aliphatic carboxylic acids is 1. The number of carboxylic acids is 1. The van der Waals surface area contributed by atoms with Crippen LogP contribution in [0.3, 0.4) is 0 Å². The zero-order valence-corrected chi connectivity index (χ0v) is 32.1. The number of allylic oxidation sites excluding steroid dienone is 1. The van der Waals surface area contributed by atoms with Gasteiger partial charge >= 0.3 is 17.9 Å². The van der Waals surface area contributed by atoms with E-state index in [1.165, 1.54) is 12.5 Å². The molecule has 272 valence electrons. The molecule has 4 aliphatic carbocycles. The molecule has 1 aliphatic heterocycles. The van der Waals surface area contributed by atoms with Crippen molar-refractivity contribution >= 4 is 29.7 Å². The molecule has 5 rings (SSSR count). The van der Waals surface area contributed by atoms with Gasteiger partial charge in [0.15, 0.2) is 0 Å². The largest absolute Gasteiger partial charge is 0.481 e. The molecule has 0 radical (unpaired) electrons. The zero-order valence-electron chi connectivity index (χ0n) is 31.3. The van der Waals surface area contributed by atoms with E-state index in [2.05, 4.69) is 73.0 Å². The van der Waals surface area contributed by atoms with Crippen molar-refractivity contribution in [2.45, 2.75) is 126 Å². The number of carboxylic acid groups (broad SMARTS) is 1. The highest BCUT2D eigenvalue weighted by Gasteiger charge is 2.72. The van der Waals surface area contributed by atoms with E-state index in [9.17, 15) is 19.5 Å². The molecule has 48 heavy (non-hydrogen) atoms. The summed E-state index contributed by atoms with van der Waals surface area (Å²) in [5.74, 6) is 0.270. The predicted molar refractivity (Wildman–Crippen MR) is 189 cm³/mol. The average molecular weight is 690 g/mol. The molecule has 1 saturated heterocycles. The fraction of sp³-hybridized carbons (Fsp3) is 0.872. The van der Waals surface area contributed by atoms with E-state index in [-0.39, 0.29) is 58.5 Å². The maximum Gasteiger partial charge on any atom is 0.320 e. The van der Waals surface area contributed by atoms with Gasteiger partial charge in [-0.25, -0.2) is 0 Å². The maximum absolute atomic E-state index is 13.4. The molecule has 0 spiro atoms. The lowest BCUT2D eigenvalue weighted by Crippen LogP contribution is -2.70. The quantitative estimate of drug-likeness (QED) is 0.173. The van der Waals surface area contributed by atoms with E-state index in [0.717, 1.165) is 37.9 Å². The summed E-state index contributed by atoms with van der Waals surface area (Å²) in [5.41, 5.74) is -0.438. The molecule has 9 heteroatoms. The van der Waals surface area contributed by atoms with Crippen LogP contribution in [0.2, 0.25) is 0 Å². The Kier molecular flexibility index (Phi) is 10.6. The molecule has 2 bridgehead atoms. The molecule has 1 unspecified atom stereocenters. The van der Waals surface area contributed by atoms with Gasteiger partial charge in [0.2, 0.25) is 0 Å². The Balaban J connectivity index is 1.50. The number of ether oxygens (including phenoxy) is 3. The van der Waals surface area contributed by atoms with Crippen molar-refractivity contribution in [1.29, 1.82) is 0 Å². The Morgan fingerprint density at radius 2 is 1.75 bits per heavy atom. The summed E-state index contributed by atoms with van der Waals surface area (Å²) in [6.07, 6.45) is 9.27. The first-order valence-electron chi connectivity index (χ1n) is 18.5. The number of carbonyl (C=O) groups excluding carboxylic acids is 2. The molecule has 0 amide bonds. The Labute approximate surface area is 293 Å². The van der Waals surface area contributed by atoms with Gasteiger partial charge in [-0.3, -0.25) is 14.4 Å². The second-order valence-corrected chi connectivity index (χ2v) is 18.7. The number of hydrogen-bond donors (Lipinski definition) is 2. The van der Waals surface area contributed by atoms with Crippen LogP contribution in [0, 0.1) is 56.7 Å². The maximum atomic E-state index is 13.4. The minimum atomic E-state index is -0.666. The first-order chi connectivity index (χ1) is 22.4. The van der Waals surface area contributed by atoms with E-state index in [4.69, 9.17) is 14.2 Å². The van der Waals surface area contributed by atoms with Gasteiger partial charge in [-0.15, -0.1) is 0 Å². The fourth-order valence-corrected chi connectivity index (χ4v) is 12.5. The lowest BCUT2D eigenvalue weighted by molar-refractivity contribution is -0.262. The first kappa shape index (κ1) is 37.7. The standard InChI is InChI=1S/C39H63NO7S/c1-23(2)25(4)35(6)16-17-37(8)27-11-12-30-36(7)21-45-22-39(30,28(27)13-15-38(37,9)32(35)34(43)44)19-29(46-26(5)41)33(36)47-31(42)20-40-24(3)14-18-48-10/h13,23-25,27,29-30,32-33,40H,11-12,14-22H2,1-10H3,(H,43,44)/t24?,25-,27+,29-,30+,32-,33+,35-,36+,37-,38+,39+/m1/s1. The molecular weight excluding hydrogens is 626 g/mol. The fourth-order valence-electron chi connectivity index (χ4n) is 11.9. The highest BCUT2D eigenvalue weighted by atomic mass is 32.2. The molecule has 2 N–H and O–H groups in total. The van der Waals surface area contributed by atoms with Crippen molar-refractivity contribution in [2.75, 3.05) is 31.8 Å². The minimum Gasteiger partial charge on any atom is -0.481 e. The monoisotopic (exact) mass is 689 g/mol. The molecule has 12 atom stereocenters. The van der Waals surface area contributed by atoms with Crippen molar-refractivity contribution in [3.8, 4) is 0 Å². The lowest BCUT2D eigenvalue weighted by atomic mass is 9.34. The smallest absolute Gasteiger partial charge is 0.320 e. The topological polar surface area (TPSA) is 111 Å². The van der Waals surface area contributed by atoms with Crippen LogP contribution < -0.4 is 5.32 Å². The Hall–Kier alpha value is -1.58. The van der Waals surface area contributed by atoms with Crippen LogP contribution in [0.4, 0.5) is 0 Å². The van der Waals surface area contributed by atoms with Gasteiger partial charge in [0.05, 0.1) is 25.7 Å². The van der Waals surface area contributed by atoms with Crippen LogP contribution in [0.25, 0.3) is 0 Å². The molecule has 3 saturated carbocycles. The second-order valence-electron chi connectivity index (χ2n) is 17.7. The van der Waals surface area contributed by atoms with Crippen LogP contribution >= 0.6 is 11.8 Å². The van der Waals surface area contributed by atoms with Gasteiger partial charge in [0, 0.05) is 23.8 Å². The molecular formula is C39H63NO7S. The highest BCUT2D eigenvalue weighted by Crippen LogP contribution is 2.75. The molecule has 4 fully saturated rings. The Morgan fingerprint density at radius 1 is 1.04 bits per heavy atom. The molecule has 0 aromatic heterocycles. The normalized spacial score (nSPS) is 43.1. The van der Waals surface area contributed by atoms with Gasteiger partial charge < -0.3 is 24.6 Å². The van der Waals surface area contributed by atoms with Gasteiger partial charge in [0.1, 0.15) is 12.2 Å². The number of thioether (sulfide) groups is 1. The highest BCUT2D eigenvalue weighted by molar-refractivity contribution is 7.98. The van der Waals surface area contributed by atoms with Crippen LogP contribution in [0.1, 0.15) is 107 Å². The summed E-state index contributed by atoms with van der Waals surface area (Å²) in [6.45, 7) is 20.4. The number of nitrogens with one attached hydrogen (secondary N) is 1. The van der Waals surface area contributed by atoms with Crippen LogP contribution in [-0.4, -0.2) is 73.0 Å². The average Bonchev–Trinajstić information content (AvgIpc) is 3.00. The third-order valence-electron chi connectivity index (χ3n) is 15.0. The van der Waals surface area contributed by atoms with Crippen molar-refractivity contribution in [3.05, 3.63) is 11.6 Å². The molecule has 8 nitrogen and oxygen atoms in total. The van der Waals surface area contributed by atoms with Crippen LogP contribution in [-0.2, 0) is 28.6 Å². The van der Waals surface area contributed by atoms with Crippen molar-refractivity contribution < 1.29 is 33.7 Å². The molecule has 5 aliphatic rings. The van der Waals surface area contributed by atoms with E-state index in [1.807, 2.05) is 0 Å². The number of esters is 2. The zero-order chi connectivity index (χ0) is 35.4. The third kappa shape index (κ3) is 5.87. The summed E-state index contributed by atoms with van der Waals surface area (Å²) in [6, 6.07) is 0.189. The Morgan fingerprint density at radius 3 is 2.38 bits per heavy atom. The van der Waals surface area contributed by atoms with E-state index >= 15 is 0 Å². The van der Waals surface area contributed by atoms with Gasteiger partial charge in [-0.1, -0.05) is 60.1 Å². The first-order valence-corrected chi connectivity index (χ1v) is 19.9. The van der Waals surface area contributed by atoms with Crippen LogP contribution in [0.15, 0.2) is 11.6 Å². The summed E-state index contributed by atoms with van der Waals surface area (Å²) < 4.78 is 18.9. The van der Waals surface area contributed by atoms with Crippen molar-refractivity contribution in [3.63, 3.8) is 0 Å². The van der Waals surface area contributed by atoms with Crippen molar-refractivity contribution in [2.24, 2.45) is 56.7 Å². The van der Waals surface area contributed by atoms with E-state index in [1.54, 1.807) is 11.8 Å². The summed E-state index contributed by atoms with van der Waals surface area (Å²) in [7, 11) is 0. The Bertz CT molecular complexity index is 1290. The van der Waals surface area contributed by atoms with Gasteiger partial charge in [-0.05, 0) is 104 Å². The number of fused-ring (bicyclic) bond motifs is 3. The number of hydrogen-bond acceptors (Lipinski definition) is 8. The minimum absolute atomic E-state index is 0.106. The summed E-state index contributed by atoms with van der Waals surface area (Å²) in [4.78, 5) is 39.3. The second kappa shape index (κ2) is 13.5. The molecule has 1 heterocycles. The summed E-state index contributed by atoms with van der Waals surface area (Å²) in [5, 5.41) is 14.3. The van der Waals surface area contributed by atoms with Gasteiger partial charge in [-0.2, -0.15) is 11.8 Å². The van der Waals surface area contributed by atoms with E-state index < -0.39 is 34.9 Å². The number of carbonyl (C=O) groups is 3. The molecule has 0 aromatic carbocycles. The van der Waals surface area contributed by atoms with Crippen LogP contribution in [0.5, 0.6) is 0 Å². The SMILES string of the molecule is CSCCC(C)NCC(=O)O[C@H]1[C@H](OC(C)=O)C[C@@]23COC[C@@]1(C)[C@@H]2CC[C@H]1C3=CC[C@@]2(C)[C@H](C(=O)O)[C@@](C)([C@H](C)C(C)C)CC[C@]12C. The van der Waals surface area contributed by atoms with Crippen molar-refractivity contribution in [1.82, 2.24) is 5.32 Å². The lowest BCUT2D eigenvalue weighted by Gasteiger charge is -2.71. The van der Waals surface area contributed by atoms with Gasteiger partial charge in [0.25, 0.3) is 0 Å². The predicted octanol–water partition coefficient (Wildman–Crippen LogP) is 7.15. The third-order valence-corrected chi connectivity index (χ3v) is 15.6. The summed E-state index contributed by atoms with van der Waals surface area (Å²) >= 11 is 1.79.